The smallest absolute Gasteiger partial charge is 0.0369 e. The van der Waals surface area contributed by atoms with Gasteiger partial charge in [-0.05, 0) is 19.2 Å². The topological polar surface area (TPSA) is 27.3 Å². The molecule has 1 heterocycles. The van der Waals surface area contributed by atoms with Crippen molar-refractivity contribution in [1.29, 1.82) is 0 Å². The van der Waals surface area contributed by atoms with Gasteiger partial charge in [-0.3, -0.25) is 0 Å². The van der Waals surface area contributed by atoms with E-state index in [4.69, 9.17) is 0 Å². The molecule has 2 rings (SSSR count). The second-order valence-corrected chi connectivity index (χ2v) is 3.99. The van der Waals surface area contributed by atoms with Gasteiger partial charge in [0.15, 0.2) is 0 Å². The minimum absolute atomic E-state index is 0.559. The Balaban J connectivity index is 1.98. The molecule has 1 aliphatic heterocycles. The molecule has 0 aliphatic carbocycles. The lowest BCUT2D eigenvalue weighted by Crippen LogP contribution is -2.54. The van der Waals surface area contributed by atoms with E-state index < -0.39 is 0 Å². The average molecular weight is 205 g/mol. The number of hydrogen-bond acceptors (Lipinski definition) is 3. The van der Waals surface area contributed by atoms with Crippen LogP contribution in [-0.2, 0) is 0 Å². The molecular formula is C12H19N3. The van der Waals surface area contributed by atoms with Gasteiger partial charge >= 0.3 is 0 Å². The van der Waals surface area contributed by atoms with Crippen LogP contribution in [0.25, 0.3) is 0 Å². The lowest BCUT2D eigenvalue weighted by molar-refractivity contribution is 0.443. The molecule has 3 heteroatoms. The van der Waals surface area contributed by atoms with E-state index in [-0.39, 0.29) is 0 Å². The highest BCUT2D eigenvalue weighted by molar-refractivity contribution is 5.46. The van der Waals surface area contributed by atoms with Gasteiger partial charge in [-0.15, -0.1) is 0 Å². The van der Waals surface area contributed by atoms with Gasteiger partial charge in [-0.2, -0.15) is 0 Å². The van der Waals surface area contributed by atoms with Crippen molar-refractivity contribution in [1.82, 2.24) is 10.6 Å². The molecule has 0 amide bonds. The molecule has 1 aliphatic rings. The van der Waals surface area contributed by atoms with E-state index in [1.54, 1.807) is 0 Å². The first kappa shape index (κ1) is 10.5. The Morgan fingerprint density at radius 3 is 2.93 bits per heavy atom. The molecule has 1 fully saturated rings. The van der Waals surface area contributed by atoms with Gasteiger partial charge in [-0.25, -0.2) is 0 Å². The van der Waals surface area contributed by atoms with Gasteiger partial charge in [0.25, 0.3) is 0 Å². The van der Waals surface area contributed by atoms with Crippen LogP contribution < -0.4 is 15.5 Å². The van der Waals surface area contributed by atoms with Crippen LogP contribution in [0.5, 0.6) is 0 Å². The van der Waals surface area contributed by atoms with Gasteiger partial charge in [-0.1, -0.05) is 18.2 Å². The fourth-order valence-corrected chi connectivity index (χ4v) is 2.08. The van der Waals surface area contributed by atoms with Crippen LogP contribution in [0.15, 0.2) is 30.3 Å². The summed E-state index contributed by atoms with van der Waals surface area (Å²) in [7, 11) is 2.00. The molecule has 0 aromatic heterocycles. The van der Waals surface area contributed by atoms with E-state index >= 15 is 0 Å². The highest BCUT2D eigenvalue weighted by Crippen LogP contribution is 2.14. The van der Waals surface area contributed by atoms with Crippen LogP contribution >= 0.6 is 0 Å². The summed E-state index contributed by atoms with van der Waals surface area (Å²) in [5, 5.41) is 6.74. The number of rotatable bonds is 3. The van der Waals surface area contributed by atoms with Crippen molar-refractivity contribution in [3.63, 3.8) is 0 Å². The van der Waals surface area contributed by atoms with Gasteiger partial charge in [0.2, 0.25) is 0 Å². The van der Waals surface area contributed by atoms with Gasteiger partial charge in [0, 0.05) is 37.9 Å². The first-order valence-electron chi connectivity index (χ1n) is 5.58. The quantitative estimate of drug-likeness (QED) is 0.760. The van der Waals surface area contributed by atoms with Gasteiger partial charge < -0.3 is 15.5 Å². The van der Waals surface area contributed by atoms with Crippen molar-refractivity contribution in [3.8, 4) is 0 Å². The third kappa shape index (κ3) is 2.70. The van der Waals surface area contributed by atoms with Crippen LogP contribution in [0, 0.1) is 0 Å². The van der Waals surface area contributed by atoms with Crippen molar-refractivity contribution in [3.05, 3.63) is 30.3 Å². The fraction of sp³-hybridized carbons (Fsp3) is 0.500. The van der Waals surface area contributed by atoms with Crippen LogP contribution in [0.4, 0.5) is 5.69 Å². The summed E-state index contributed by atoms with van der Waals surface area (Å²) in [6, 6.07) is 11.2. The molecule has 82 valence electrons. The van der Waals surface area contributed by atoms with Crippen molar-refractivity contribution >= 4 is 5.69 Å². The van der Waals surface area contributed by atoms with Crippen molar-refractivity contribution in [2.75, 3.05) is 38.1 Å². The minimum Gasteiger partial charge on any atom is -0.369 e. The number of piperazine rings is 1. The Labute approximate surface area is 91.5 Å². The molecule has 15 heavy (non-hydrogen) atoms. The Kier molecular flexibility index (Phi) is 3.59. The molecule has 1 unspecified atom stereocenters. The van der Waals surface area contributed by atoms with E-state index in [2.05, 4.69) is 45.9 Å². The molecular weight excluding hydrogens is 186 g/mol. The van der Waals surface area contributed by atoms with E-state index in [9.17, 15) is 0 Å². The van der Waals surface area contributed by atoms with Crippen LogP contribution in [-0.4, -0.2) is 39.3 Å². The predicted molar refractivity (Wildman–Crippen MR) is 64.4 cm³/mol. The molecule has 0 saturated carbocycles. The zero-order valence-corrected chi connectivity index (χ0v) is 9.24. The number of nitrogens with one attached hydrogen (secondary N) is 2. The summed E-state index contributed by atoms with van der Waals surface area (Å²) in [5.74, 6) is 0. The average Bonchev–Trinajstić information content (AvgIpc) is 2.31. The fourth-order valence-electron chi connectivity index (χ4n) is 2.08. The zero-order chi connectivity index (χ0) is 10.5. The first-order valence-corrected chi connectivity index (χ1v) is 5.58. The SMILES string of the molecule is CNCC1CN(c2ccccc2)CCN1. The Morgan fingerprint density at radius 2 is 2.20 bits per heavy atom. The van der Waals surface area contributed by atoms with Crippen molar-refractivity contribution in [2.45, 2.75) is 6.04 Å². The number of hydrogen-bond donors (Lipinski definition) is 2. The Bertz CT molecular complexity index is 284. The monoisotopic (exact) mass is 205 g/mol. The molecule has 1 aromatic carbocycles. The van der Waals surface area contributed by atoms with Crippen LogP contribution in [0.2, 0.25) is 0 Å². The molecule has 1 atom stereocenters. The summed E-state index contributed by atoms with van der Waals surface area (Å²) in [6.07, 6.45) is 0. The molecule has 0 bridgehead atoms. The number of para-hydroxylation sites is 1. The summed E-state index contributed by atoms with van der Waals surface area (Å²) >= 11 is 0. The minimum atomic E-state index is 0.559. The third-order valence-electron chi connectivity index (χ3n) is 2.83. The molecule has 3 nitrogen and oxygen atoms in total. The maximum absolute atomic E-state index is 3.52. The second kappa shape index (κ2) is 5.14. The maximum Gasteiger partial charge on any atom is 0.0369 e. The largest absolute Gasteiger partial charge is 0.369 e. The molecule has 1 saturated heterocycles. The Morgan fingerprint density at radius 1 is 1.40 bits per heavy atom. The highest BCUT2D eigenvalue weighted by atomic mass is 15.2. The molecule has 0 spiro atoms. The van der Waals surface area contributed by atoms with Gasteiger partial charge in [0.05, 0.1) is 0 Å². The highest BCUT2D eigenvalue weighted by Gasteiger charge is 2.18. The number of likely N-dealkylation sites (N-methyl/N-ethyl adjacent to an activating group) is 1. The maximum atomic E-state index is 3.52. The summed E-state index contributed by atoms with van der Waals surface area (Å²) < 4.78 is 0. The van der Waals surface area contributed by atoms with E-state index in [1.807, 2.05) is 7.05 Å². The molecule has 2 N–H and O–H groups in total. The van der Waals surface area contributed by atoms with Crippen LogP contribution in [0.3, 0.4) is 0 Å². The van der Waals surface area contributed by atoms with Crippen LogP contribution in [0.1, 0.15) is 0 Å². The lowest BCUT2D eigenvalue weighted by Gasteiger charge is -2.35. The van der Waals surface area contributed by atoms with E-state index in [1.165, 1.54) is 5.69 Å². The molecule has 0 radical (unpaired) electrons. The number of anilines is 1. The number of nitrogens with zero attached hydrogens (tertiary/aromatic N) is 1. The zero-order valence-electron chi connectivity index (χ0n) is 9.24. The normalized spacial score (nSPS) is 21.7. The summed E-state index contributed by atoms with van der Waals surface area (Å²) in [5.41, 5.74) is 1.33. The van der Waals surface area contributed by atoms with Gasteiger partial charge in [0.1, 0.15) is 0 Å². The standard InChI is InChI=1S/C12H19N3/c1-13-9-11-10-15(8-7-14-11)12-5-3-2-4-6-12/h2-6,11,13-14H,7-10H2,1H3. The lowest BCUT2D eigenvalue weighted by atomic mass is 10.2. The van der Waals surface area contributed by atoms with Crippen molar-refractivity contribution < 1.29 is 0 Å². The first-order chi connectivity index (χ1) is 7.40. The second-order valence-electron chi connectivity index (χ2n) is 3.99. The molecule has 1 aromatic rings. The number of benzene rings is 1. The summed E-state index contributed by atoms with van der Waals surface area (Å²) in [6.45, 7) is 4.29. The van der Waals surface area contributed by atoms with E-state index in [0.29, 0.717) is 6.04 Å². The third-order valence-corrected chi connectivity index (χ3v) is 2.83. The Hall–Kier alpha value is -1.06. The van der Waals surface area contributed by atoms with Crippen molar-refractivity contribution in [2.24, 2.45) is 0 Å². The predicted octanol–water partition coefficient (Wildman–Crippen LogP) is 0.684. The van der Waals surface area contributed by atoms with E-state index in [0.717, 1.165) is 26.2 Å². The summed E-state index contributed by atoms with van der Waals surface area (Å²) in [4.78, 5) is 2.44.